The van der Waals surface area contributed by atoms with Crippen LogP contribution in [0.1, 0.15) is 0 Å². The molecule has 0 N–H and O–H groups in total. The van der Waals surface area contributed by atoms with Gasteiger partial charge in [0, 0.05) is 49.4 Å². The van der Waals surface area contributed by atoms with Gasteiger partial charge in [-0.2, -0.15) is 0 Å². The lowest BCUT2D eigenvalue weighted by Crippen LogP contribution is -2.10. The SMILES string of the molecule is c1ccc2c(N(c3ccc(-c4ccc(-n5c6ccccc6c6c7ccccc7c7ccccc7c65)cc4)cc3)c3ccc4oc5ccccc5c4c3)cccc2c1. The van der Waals surface area contributed by atoms with Crippen molar-refractivity contribution in [2.24, 2.45) is 0 Å². The van der Waals surface area contributed by atoms with Crippen LogP contribution in [-0.4, -0.2) is 4.57 Å². The number of nitrogens with zero attached hydrogens (tertiary/aromatic N) is 2. The zero-order valence-electron chi connectivity index (χ0n) is 30.9. The fourth-order valence-corrected chi connectivity index (χ4v) is 9.19. The topological polar surface area (TPSA) is 21.3 Å². The van der Waals surface area contributed by atoms with Gasteiger partial charge in [0.1, 0.15) is 11.2 Å². The largest absolute Gasteiger partial charge is 0.456 e. The molecule has 0 radical (unpaired) electrons. The highest BCUT2D eigenvalue weighted by Gasteiger charge is 2.20. The summed E-state index contributed by atoms with van der Waals surface area (Å²) < 4.78 is 8.68. The summed E-state index contributed by atoms with van der Waals surface area (Å²) in [5.41, 5.74) is 11.0. The fraction of sp³-hybridized carbons (Fsp3) is 0. The van der Waals surface area contributed by atoms with Gasteiger partial charge in [-0.05, 0) is 93.3 Å². The molecule has 266 valence electrons. The molecule has 0 spiro atoms. The Morgan fingerprint density at radius 1 is 0.368 bits per heavy atom. The zero-order valence-corrected chi connectivity index (χ0v) is 30.9. The molecule has 57 heavy (non-hydrogen) atoms. The number of anilines is 3. The summed E-state index contributed by atoms with van der Waals surface area (Å²) >= 11 is 0. The van der Waals surface area contributed by atoms with E-state index < -0.39 is 0 Å². The molecule has 0 atom stereocenters. The molecule has 0 saturated carbocycles. The summed E-state index contributed by atoms with van der Waals surface area (Å²) in [6.45, 7) is 0. The van der Waals surface area contributed by atoms with Crippen LogP contribution in [0.3, 0.4) is 0 Å². The second-order valence-electron chi connectivity index (χ2n) is 14.9. The maximum absolute atomic E-state index is 6.22. The Morgan fingerprint density at radius 3 is 1.72 bits per heavy atom. The Hall–Kier alpha value is -7.62. The fourth-order valence-electron chi connectivity index (χ4n) is 9.19. The first-order chi connectivity index (χ1) is 28.3. The molecule has 0 unspecified atom stereocenters. The van der Waals surface area contributed by atoms with E-state index in [4.69, 9.17) is 4.42 Å². The Kier molecular flexibility index (Phi) is 6.93. The molecular formula is C54H34N2O. The number of fused-ring (bicyclic) bond motifs is 12. The van der Waals surface area contributed by atoms with Crippen molar-refractivity contribution in [2.45, 2.75) is 0 Å². The third kappa shape index (κ3) is 4.86. The minimum atomic E-state index is 0.888. The van der Waals surface area contributed by atoms with Crippen LogP contribution < -0.4 is 4.90 Å². The van der Waals surface area contributed by atoms with Gasteiger partial charge in [-0.3, -0.25) is 0 Å². The molecule has 10 aromatic carbocycles. The van der Waals surface area contributed by atoms with E-state index in [2.05, 4.69) is 204 Å². The van der Waals surface area contributed by atoms with Crippen molar-refractivity contribution in [1.82, 2.24) is 4.57 Å². The lowest BCUT2D eigenvalue weighted by molar-refractivity contribution is 0.669. The number of benzene rings is 10. The molecule has 2 heterocycles. The highest BCUT2D eigenvalue weighted by atomic mass is 16.3. The van der Waals surface area contributed by atoms with E-state index in [1.165, 1.54) is 59.7 Å². The maximum atomic E-state index is 6.22. The van der Waals surface area contributed by atoms with Crippen LogP contribution >= 0.6 is 0 Å². The van der Waals surface area contributed by atoms with Gasteiger partial charge in [-0.15, -0.1) is 0 Å². The molecule has 0 aliphatic heterocycles. The predicted octanol–water partition coefficient (Wildman–Crippen LogP) is 15.3. The number of para-hydroxylation sites is 2. The van der Waals surface area contributed by atoms with Gasteiger partial charge in [-0.1, -0.05) is 146 Å². The van der Waals surface area contributed by atoms with E-state index in [0.717, 1.165) is 50.3 Å². The van der Waals surface area contributed by atoms with Crippen molar-refractivity contribution in [3.8, 4) is 16.8 Å². The molecule has 2 aromatic heterocycles. The highest BCUT2D eigenvalue weighted by Crippen LogP contribution is 2.44. The zero-order chi connectivity index (χ0) is 37.5. The number of hydrogen-bond donors (Lipinski definition) is 0. The smallest absolute Gasteiger partial charge is 0.135 e. The molecule has 0 amide bonds. The minimum Gasteiger partial charge on any atom is -0.456 e. The van der Waals surface area contributed by atoms with E-state index in [0.29, 0.717) is 0 Å². The Labute approximate surface area is 328 Å². The van der Waals surface area contributed by atoms with Gasteiger partial charge in [0.15, 0.2) is 0 Å². The second-order valence-corrected chi connectivity index (χ2v) is 14.9. The average molecular weight is 727 g/mol. The lowest BCUT2D eigenvalue weighted by atomic mass is 9.97. The van der Waals surface area contributed by atoms with E-state index in [-0.39, 0.29) is 0 Å². The summed E-state index contributed by atoms with van der Waals surface area (Å²) in [4.78, 5) is 2.37. The van der Waals surface area contributed by atoms with E-state index in [9.17, 15) is 0 Å². The van der Waals surface area contributed by atoms with Crippen molar-refractivity contribution in [2.75, 3.05) is 4.90 Å². The van der Waals surface area contributed by atoms with Crippen LogP contribution in [-0.2, 0) is 0 Å². The number of rotatable bonds is 5. The first-order valence-electron chi connectivity index (χ1n) is 19.5. The maximum Gasteiger partial charge on any atom is 0.135 e. The van der Waals surface area contributed by atoms with Gasteiger partial charge in [0.2, 0.25) is 0 Å². The summed E-state index contributed by atoms with van der Waals surface area (Å²) in [7, 11) is 0. The average Bonchev–Trinajstić information content (AvgIpc) is 3.83. The summed E-state index contributed by atoms with van der Waals surface area (Å²) in [6.07, 6.45) is 0. The molecular weight excluding hydrogens is 693 g/mol. The molecule has 0 saturated heterocycles. The number of hydrogen-bond acceptors (Lipinski definition) is 2. The Bertz CT molecular complexity index is 3510. The van der Waals surface area contributed by atoms with E-state index in [1.54, 1.807) is 0 Å². The normalized spacial score (nSPS) is 11.9. The van der Waals surface area contributed by atoms with Crippen molar-refractivity contribution in [3.63, 3.8) is 0 Å². The number of aromatic nitrogens is 1. The van der Waals surface area contributed by atoms with Crippen LogP contribution in [0, 0.1) is 0 Å². The Balaban J connectivity index is 0.978. The molecule has 0 fully saturated rings. The van der Waals surface area contributed by atoms with Gasteiger partial charge >= 0.3 is 0 Å². The standard InChI is InChI=1S/C54H34N2O/c1-2-14-41-37(12-1)13-11-22-49(41)55(40-32-33-52-48(34-40)44-17-8-10-23-51(44)57-52)38-28-24-35(25-29-38)36-26-30-39(31-27-36)56-50-21-9-7-20-47(50)53-45-18-5-3-15-42(45)43-16-4-6-19-46(43)54(53)56/h1-34H. The van der Waals surface area contributed by atoms with Crippen LogP contribution in [0.25, 0.3) is 92.9 Å². The summed E-state index contributed by atoms with van der Waals surface area (Å²) in [6, 6.07) is 74.5. The van der Waals surface area contributed by atoms with Gasteiger partial charge < -0.3 is 13.9 Å². The highest BCUT2D eigenvalue weighted by molar-refractivity contribution is 6.32. The second kappa shape index (κ2) is 12.5. The molecule has 0 aliphatic carbocycles. The molecule has 0 bridgehead atoms. The van der Waals surface area contributed by atoms with E-state index >= 15 is 0 Å². The molecule has 0 aliphatic rings. The van der Waals surface area contributed by atoms with Crippen molar-refractivity contribution in [3.05, 3.63) is 206 Å². The summed E-state index contributed by atoms with van der Waals surface area (Å²) in [5.74, 6) is 0. The third-order valence-corrected chi connectivity index (χ3v) is 11.8. The van der Waals surface area contributed by atoms with Crippen molar-refractivity contribution >= 4 is 93.1 Å². The molecule has 12 rings (SSSR count). The van der Waals surface area contributed by atoms with Gasteiger partial charge in [0.05, 0.1) is 16.7 Å². The quantitative estimate of drug-likeness (QED) is 0.165. The van der Waals surface area contributed by atoms with E-state index in [1.807, 2.05) is 12.1 Å². The van der Waals surface area contributed by atoms with Gasteiger partial charge in [0.25, 0.3) is 0 Å². The lowest BCUT2D eigenvalue weighted by Gasteiger charge is -2.27. The van der Waals surface area contributed by atoms with Crippen molar-refractivity contribution in [1.29, 1.82) is 0 Å². The molecule has 3 nitrogen and oxygen atoms in total. The monoisotopic (exact) mass is 726 g/mol. The Morgan fingerprint density at radius 2 is 0.930 bits per heavy atom. The van der Waals surface area contributed by atoms with Crippen LogP contribution in [0.4, 0.5) is 17.1 Å². The minimum absolute atomic E-state index is 0.888. The van der Waals surface area contributed by atoms with Crippen molar-refractivity contribution < 1.29 is 4.42 Å². The molecule has 3 heteroatoms. The predicted molar refractivity (Wildman–Crippen MR) is 241 cm³/mol. The van der Waals surface area contributed by atoms with Crippen LogP contribution in [0.15, 0.2) is 211 Å². The van der Waals surface area contributed by atoms with Gasteiger partial charge in [-0.25, -0.2) is 0 Å². The van der Waals surface area contributed by atoms with Crippen LogP contribution in [0.2, 0.25) is 0 Å². The van der Waals surface area contributed by atoms with Crippen LogP contribution in [0.5, 0.6) is 0 Å². The first kappa shape index (κ1) is 31.7. The summed E-state index contributed by atoms with van der Waals surface area (Å²) in [5, 5.41) is 12.3. The third-order valence-electron chi connectivity index (χ3n) is 11.8. The molecule has 12 aromatic rings. The first-order valence-corrected chi connectivity index (χ1v) is 19.5. The number of furan rings is 1.